The second-order valence-corrected chi connectivity index (χ2v) is 8.46. The zero-order valence-electron chi connectivity index (χ0n) is 17.0. The van der Waals surface area contributed by atoms with E-state index in [9.17, 15) is 18.0 Å². The molecule has 0 bridgehead atoms. The molecular formula is C21H26N2O5S. The standard InChI is InChI=1S/C21H26N2O5S/c1-5-23(6-2)29(26,27)19-9-7-8-17(14-19)21(25)28-16(4)20(24)22-18-12-10-15(3)11-13-18/h7-14,16H,5-6H2,1-4H3,(H,22,24)/t16-/m1/s1. The van der Waals surface area contributed by atoms with Gasteiger partial charge < -0.3 is 10.1 Å². The highest BCUT2D eigenvalue weighted by atomic mass is 32.2. The smallest absolute Gasteiger partial charge is 0.338 e. The number of esters is 1. The third-order valence-corrected chi connectivity index (χ3v) is 6.43. The Morgan fingerprint density at radius 2 is 1.69 bits per heavy atom. The molecule has 29 heavy (non-hydrogen) atoms. The number of sulfonamides is 1. The molecule has 0 aliphatic rings. The maximum Gasteiger partial charge on any atom is 0.338 e. The minimum absolute atomic E-state index is 0.00686. The van der Waals surface area contributed by atoms with E-state index in [1.54, 1.807) is 26.0 Å². The van der Waals surface area contributed by atoms with E-state index in [0.717, 1.165) is 5.56 Å². The number of nitrogens with one attached hydrogen (secondary N) is 1. The van der Waals surface area contributed by atoms with Gasteiger partial charge in [-0.1, -0.05) is 37.6 Å². The van der Waals surface area contributed by atoms with Crippen LogP contribution in [0.1, 0.15) is 36.7 Å². The molecular weight excluding hydrogens is 392 g/mol. The first kappa shape index (κ1) is 22.6. The lowest BCUT2D eigenvalue weighted by atomic mass is 10.2. The average molecular weight is 419 g/mol. The Bertz CT molecular complexity index is 967. The summed E-state index contributed by atoms with van der Waals surface area (Å²) in [6.07, 6.45) is -1.05. The molecule has 0 heterocycles. The highest BCUT2D eigenvalue weighted by molar-refractivity contribution is 7.89. The fourth-order valence-electron chi connectivity index (χ4n) is 2.66. The van der Waals surface area contributed by atoms with Crippen LogP contribution >= 0.6 is 0 Å². The van der Waals surface area contributed by atoms with Crippen LogP contribution in [0.4, 0.5) is 5.69 Å². The lowest BCUT2D eigenvalue weighted by Crippen LogP contribution is -2.31. The molecule has 2 aromatic carbocycles. The Hall–Kier alpha value is -2.71. The van der Waals surface area contributed by atoms with Crippen molar-refractivity contribution in [2.75, 3.05) is 18.4 Å². The molecule has 2 rings (SSSR count). The van der Waals surface area contributed by atoms with Crippen LogP contribution in [0, 0.1) is 6.92 Å². The quantitative estimate of drug-likeness (QED) is 0.665. The topological polar surface area (TPSA) is 92.8 Å². The number of carbonyl (C=O) groups excluding carboxylic acids is 2. The van der Waals surface area contributed by atoms with Crippen molar-refractivity contribution >= 4 is 27.6 Å². The molecule has 0 spiro atoms. The van der Waals surface area contributed by atoms with Gasteiger partial charge >= 0.3 is 5.97 Å². The van der Waals surface area contributed by atoms with E-state index in [0.29, 0.717) is 18.8 Å². The predicted molar refractivity (Wildman–Crippen MR) is 111 cm³/mol. The largest absolute Gasteiger partial charge is 0.449 e. The second-order valence-electron chi connectivity index (χ2n) is 6.52. The number of benzene rings is 2. The molecule has 156 valence electrons. The van der Waals surface area contributed by atoms with Crippen LogP contribution in [0.15, 0.2) is 53.4 Å². The van der Waals surface area contributed by atoms with Crippen LogP contribution in [0.25, 0.3) is 0 Å². The van der Waals surface area contributed by atoms with E-state index in [2.05, 4.69) is 5.32 Å². The van der Waals surface area contributed by atoms with Gasteiger partial charge in [0.2, 0.25) is 10.0 Å². The Morgan fingerprint density at radius 1 is 1.07 bits per heavy atom. The van der Waals surface area contributed by atoms with Gasteiger partial charge in [0.05, 0.1) is 10.5 Å². The van der Waals surface area contributed by atoms with E-state index in [4.69, 9.17) is 4.74 Å². The van der Waals surface area contributed by atoms with Crippen molar-refractivity contribution in [1.29, 1.82) is 0 Å². The lowest BCUT2D eigenvalue weighted by Gasteiger charge is -2.19. The Kier molecular flexibility index (Phi) is 7.53. The van der Waals surface area contributed by atoms with Crippen LogP contribution in [0.3, 0.4) is 0 Å². The fraction of sp³-hybridized carbons (Fsp3) is 0.333. The van der Waals surface area contributed by atoms with Gasteiger partial charge in [-0.25, -0.2) is 13.2 Å². The van der Waals surface area contributed by atoms with Gasteiger partial charge in [-0.05, 0) is 44.2 Å². The molecule has 0 saturated heterocycles. The second kappa shape index (κ2) is 9.67. The minimum atomic E-state index is -3.70. The lowest BCUT2D eigenvalue weighted by molar-refractivity contribution is -0.123. The highest BCUT2D eigenvalue weighted by Crippen LogP contribution is 2.18. The SMILES string of the molecule is CCN(CC)S(=O)(=O)c1cccc(C(=O)O[C@H](C)C(=O)Nc2ccc(C)cc2)c1. The number of anilines is 1. The number of amides is 1. The third-order valence-electron chi connectivity index (χ3n) is 4.39. The van der Waals surface area contributed by atoms with Crippen LogP contribution < -0.4 is 5.32 Å². The molecule has 0 saturated carbocycles. The first-order chi connectivity index (χ1) is 13.7. The molecule has 1 N–H and O–H groups in total. The summed E-state index contributed by atoms with van der Waals surface area (Å²) >= 11 is 0. The zero-order valence-corrected chi connectivity index (χ0v) is 17.8. The third kappa shape index (κ3) is 5.65. The summed E-state index contributed by atoms with van der Waals surface area (Å²) in [6, 6.07) is 12.8. The maximum atomic E-state index is 12.6. The van der Waals surface area contributed by atoms with E-state index >= 15 is 0 Å². The predicted octanol–water partition coefficient (Wildman–Crippen LogP) is 3.21. The number of aryl methyl sites for hydroxylation is 1. The molecule has 7 nitrogen and oxygen atoms in total. The molecule has 0 aliphatic carbocycles. The van der Waals surface area contributed by atoms with Gasteiger partial charge in [-0.3, -0.25) is 4.79 Å². The summed E-state index contributed by atoms with van der Waals surface area (Å²) in [5.41, 5.74) is 1.71. The van der Waals surface area contributed by atoms with Gasteiger partial charge in [-0.15, -0.1) is 0 Å². The van der Waals surface area contributed by atoms with Crippen LogP contribution in [0.2, 0.25) is 0 Å². The first-order valence-electron chi connectivity index (χ1n) is 9.37. The van der Waals surface area contributed by atoms with Crippen LogP contribution in [-0.2, 0) is 19.6 Å². The number of ether oxygens (including phenoxy) is 1. The highest BCUT2D eigenvalue weighted by Gasteiger charge is 2.24. The summed E-state index contributed by atoms with van der Waals surface area (Å²) in [7, 11) is -3.70. The molecule has 0 aromatic heterocycles. The number of rotatable bonds is 8. The normalized spacial score (nSPS) is 12.4. The van der Waals surface area contributed by atoms with Crippen LogP contribution in [0.5, 0.6) is 0 Å². The Balaban J connectivity index is 2.10. The molecule has 8 heteroatoms. The van der Waals surface area contributed by atoms with Crippen molar-refractivity contribution in [3.63, 3.8) is 0 Å². The van der Waals surface area contributed by atoms with E-state index < -0.39 is 28.0 Å². The molecule has 0 radical (unpaired) electrons. The molecule has 2 aromatic rings. The van der Waals surface area contributed by atoms with Crippen molar-refractivity contribution in [1.82, 2.24) is 4.31 Å². The summed E-state index contributed by atoms with van der Waals surface area (Å²) in [5.74, 6) is -1.25. The van der Waals surface area contributed by atoms with E-state index in [-0.39, 0.29) is 10.5 Å². The minimum Gasteiger partial charge on any atom is -0.449 e. The van der Waals surface area contributed by atoms with Gasteiger partial charge in [0.15, 0.2) is 6.10 Å². The average Bonchev–Trinajstić information content (AvgIpc) is 2.70. The fourth-order valence-corrected chi connectivity index (χ4v) is 4.16. The molecule has 1 atom stereocenters. The van der Waals surface area contributed by atoms with Crippen LogP contribution in [-0.4, -0.2) is 43.8 Å². The van der Waals surface area contributed by atoms with Crippen molar-refractivity contribution in [2.45, 2.75) is 38.7 Å². The van der Waals surface area contributed by atoms with Gasteiger partial charge in [0.1, 0.15) is 0 Å². The summed E-state index contributed by atoms with van der Waals surface area (Å²) in [4.78, 5) is 24.7. The number of hydrogen-bond donors (Lipinski definition) is 1. The molecule has 0 aliphatic heterocycles. The van der Waals surface area contributed by atoms with Crippen molar-refractivity contribution in [3.8, 4) is 0 Å². The summed E-state index contributed by atoms with van der Waals surface area (Å²) in [5, 5.41) is 2.67. The summed E-state index contributed by atoms with van der Waals surface area (Å²) in [6.45, 7) is 7.52. The Labute approximate surface area is 171 Å². The molecule has 0 fully saturated rings. The number of nitrogens with zero attached hydrogens (tertiary/aromatic N) is 1. The number of carbonyl (C=O) groups is 2. The van der Waals surface area contributed by atoms with Crippen molar-refractivity contribution in [2.24, 2.45) is 0 Å². The zero-order chi connectivity index (χ0) is 21.6. The maximum absolute atomic E-state index is 12.6. The van der Waals surface area contributed by atoms with Crippen molar-refractivity contribution < 1.29 is 22.7 Å². The van der Waals surface area contributed by atoms with Crippen molar-refractivity contribution in [3.05, 3.63) is 59.7 Å². The first-order valence-corrected chi connectivity index (χ1v) is 10.8. The molecule has 1 amide bonds. The molecule has 0 unspecified atom stereocenters. The van der Waals surface area contributed by atoms with E-state index in [1.165, 1.54) is 35.5 Å². The monoisotopic (exact) mass is 418 g/mol. The van der Waals surface area contributed by atoms with Gasteiger partial charge in [-0.2, -0.15) is 4.31 Å². The van der Waals surface area contributed by atoms with E-state index in [1.807, 2.05) is 19.1 Å². The van der Waals surface area contributed by atoms with Gasteiger partial charge in [0.25, 0.3) is 5.91 Å². The number of hydrogen-bond acceptors (Lipinski definition) is 5. The van der Waals surface area contributed by atoms with Gasteiger partial charge in [0, 0.05) is 18.8 Å². The Morgan fingerprint density at radius 3 is 2.28 bits per heavy atom. The summed E-state index contributed by atoms with van der Waals surface area (Å²) < 4.78 is 31.8.